The predicted octanol–water partition coefficient (Wildman–Crippen LogP) is 2.22. The van der Waals surface area contributed by atoms with Gasteiger partial charge in [0.2, 0.25) is 0 Å². The zero-order chi connectivity index (χ0) is 18.8. The summed E-state index contributed by atoms with van der Waals surface area (Å²) in [5.41, 5.74) is 1.84. The number of carboxylic acid groups (broad SMARTS) is 2. The molecule has 2 saturated heterocycles. The molecule has 2 fully saturated rings. The SMILES string of the molecule is CN1CCN(c2ccc(Br)c(C3CN(C(=O)O)CCN3C(=O)O)c2)CC1. The van der Waals surface area contributed by atoms with Crippen molar-refractivity contribution in [2.45, 2.75) is 6.04 Å². The van der Waals surface area contributed by atoms with Crippen molar-refractivity contribution >= 4 is 33.8 Å². The molecule has 2 N–H and O–H groups in total. The van der Waals surface area contributed by atoms with Crippen LogP contribution >= 0.6 is 15.9 Å². The zero-order valence-electron chi connectivity index (χ0n) is 14.6. The molecule has 1 aromatic carbocycles. The molecular weight excluding hydrogens is 404 g/mol. The molecule has 2 aliphatic rings. The first-order chi connectivity index (χ1) is 12.4. The number of amides is 2. The summed E-state index contributed by atoms with van der Waals surface area (Å²) in [4.78, 5) is 30.2. The highest BCUT2D eigenvalue weighted by Crippen LogP contribution is 2.34. The van der Waals surface area contributed by atoms with Crippen molar-refractivity contribution in [1.82, 2.24) is 14.7 Å². The number of hydrogen-bond acceptors (Lipinski definition) is 4. The van der Waals surface area contributed by atoms with Gasteiger partial charge in [-0.1, -0.05) is 15.9 Å². The van der Waals surface area contributed by atoms with Crippen LogP contribution in [0.1, 0.15) is 11.6 Å². The molecular formula is C17H23BrN4O4. The second-order valence-electron chi connectivity index (χ2n) is 6.72. The Morgan fingerprint density at radius 3 is 2.35 bits per heavy atom. The largest absolute Gasteiger partial charge is 0.465 e. The third-order valence-electron chi connectivity index (χ3n) is 5.10. The molecule has 0 aliphatic carbocycles. The van der Waals surface area contributed by atoms with Crippen LogP contribution in [-0.4, -0.2) is 90.0 Å². The normalized spacial score (nSPS) is 21.8. The van der Waals surface area contributed by atoms with Crippen molar-refractivity contribution in [3.63, 3.8) is 0 Å². The van der Waals surface area contributed by atoms with Gasteiger partial charge in [-0.25, -0.2) is 9.59 Å². The minimum Gasteiger partial charge on any atom is -0.465 e. The van der Waals surface area contributed by atoms with Gasteiger partial charge in [-0.3, -0.25) is 4.90 Å². The highest BCUT2D eigenvalue weighted by Gasteiger charge is 2.34. The number of benzene rings is 1. The number of nitrogens with zero attached hydrogens (tertiary/aromatic N) is 4. The van der Waals surface area contributed by atoms with Crippen LogP contribution in [-0.2, 0) is 0 Å². The van der Waals surface area contributed by atoms with Gasteiger partial charge >= 0.3 is 12.2 Å². The minimum atomic E-state index is -1.03. The third-order valence-corrected chi connectivity index (χ3v) is 5.83. The van der Waals surface area contributed by atoms with Crippen molar-refractivity contribution in [3.8, 4) is 0 Å². The summed E-state index contributed by atoms with van der Waals surface area (Å²) < 4.78 is 0.791. The number of rotatable bonds is 2. The highest BCUT2D eigenvalue weighted by atomic mass is 79.9. The van der Waals surface area contributed by atoms with E-state index >= 15 is 0 Å². The molecule has 0 aromatic heterocycles. The Kier molecular flexibility index (Phi) is 5.57. The summed E-state index contributed by atoms with van der Waals surface area (Å²) in [6.45, 7) is 4.25. The third kappa shape index (κ3) is 3.88. The van der Waals surface area contributed by atoms with E-state index in [1.54, 1.807) is 0 Å². The number of hydrogen-bond donors (Lipinski definition) is 2. The second kappa shape index (κ2) is 7.71. The minimum absolute atomic E-state index is 0.131. The molecule has 9 heteroatoms. The van der Waals surface area contributed by atoms with Crippen LogP contribution in [0.3, 0.4) is 0 Å². The lowest BCUT2D eigenvalue weighted by Gasteiger charge is -2.40. The molecule has 0 saturated carbocycles. The molecule has 2 amide bonds. The van der Waals surface area contributed by atoms with Crippen molar-refractivity contribution in [3.05, 3.63) is 28.2 Å². The maximum Gasteiger partial charge on any atom is 0.407 e. The average molecular weight is 427 g/mol. The summed E-state index contributed by atoms with van der Waals surface area (Å²) in [6.07, 6.45) is -2.05. The van der Waals surface area contributed by atoms with E-state index < -0.39 is 18.2 Å². The number of carbonyl (C=O) groups is 2. The van der Waals surface area contributed by atoms with E-state index in [4.69, 9.17) is 0 Å². The smallest absolute Gasteiger partial charge is 0.407 e. The van der Waals surface area contributed by atoms with Crippen LogP contribution < -0.4 is 4.90 Å². The monoisotopic (exact) mass is 426 g/mol. The molecule has 142 valence electrons. The molecule has 0 spiro atoms. The topological polar surface area (TPSA) is 87.6 Å². The highest BCUT2D eigenvalue weighted by molar-refractivity contribution is 9.10. The number of anilines is 1. The first-order valence-electron chi connectivity index (χ1n) is 8.57. The van der Waals surface area contributed by atoms with Gasteiger partial charge < -0.3 is 24.9 Å². The summed E-state index contributed by atoms with van der Waals surface area (Å²) in [6, 6.07) is 5.39. The Morgan fingerprint density at radius 1 is 1.04 bits per heavy atom. The van der Waals surface area contributed by atoms with Gasteiger partial charge in [-0.15, -0.1) is 0 Å². The van der Waals surface area contributed by atoms with Crippen LogP contribution in [0, 0.1) is 0 Å². The lowest BCUT2D eigenvalue weighted by atomic mass is 10.0. The fourth-order valence-electron chi connectivity index (χ4n) is 3.50. The molecule has 26 heavy (non-hydrogen) atoms. The van der Waals surface area contributed by atoms with E-state index in [1.807, 2.05) is 18.2 Å². The van der Waals surface area contributed by atoms with Gasteiger partial charge in [-0.05, 0) is 30.8 Å². The van der Waals surface area contributed by atoms with Gasteiger partial charge in [-0.2, -0.15) is 0 Å². The molecule has 8 nitrogen and oxygen atoms in total. The van der Waals surface area contributed by atoms with Gasteiger partial charge in [0, 0.05) is 56.0 Å². The van der Waals surface area contributed by atoms with Crippen molar-refractivity contribution in [2.75, 3.05) is 57.8 Å². The molecule has 2 aliphatic heterocycles. The fraction of sp³-hybridized carbons (Fsp3) is 0.529. The quantitative estimate of drug-likeness (QED) is 0.753. The molecule has 3 rings (SSSR count). The van der Waals surface area contributed by atoms with Crippen molar-refractivity contribution in [2.24, 2.45) is 0 Å². The molecule has 1 aromatic rings. The van der Waals surface area contributed by atoms with Crippen LogP contribution in [0.2, 0.25) is 0 Å². The Morgan fingerprint density at radius 2 is 1.73 bits per heavy atom. The first-order valence-corrected chi connectivity index (χ1v) is 9.36. The zero-order valence-corrected chi connectivity index (χ0v) is 16.2. The second-order valence-corrected chi connectivity index (χ2v) is 7.57. The summed E-state index contributed by atoms with van der Waals surface area (Å²) in [7, 11) is 2.09. The number of halogens is 1. The lowest BCUT2D eigenvalue weighted by molar-refractivity contribution is 0.0633. The molecule has 2 heterocycles. The van der Waals surface area contributed by atoms with Crippen LogP contribution in [0.25, 0.3) is 0 Å². The molecule has 1 unspecified atom stereocenters. The summed E-state index contributed by atoms with van der Waals surface area (Å²) >= 11 is 3.52. The van der Waals surface area contributed by atoms with Crippen molar-refractivity contribution < 1.29 is 19.8 Å². The van der Waals surface area contributed by atoms with Gasteiger partial charge in [0.05, 0.1) is 6.04 Å². The molecule has 0 bridgehead atoms. The lowest BCUT2D eigenvalue weighted by Crippen LogP contribution is -2.51. The Labute approximate surface area is 160 Å². The van der Waals surface area contributed by atoms with Gasteiger partial charge in [0.1, 0.15) is 0 Å². The maximum absolute atomic E-state index is 11.7. The van der Waals surface area contributed by atoms with Gasteiger partial charge in [0.25, 0.3) is 0 Å². The Bertz CT molecular complexity index is 693. The predicted molar refractivity (Wildman–Crippen MR) is 101 cm³/mol. The maximum atomic E-state index is 11.7. The average Bonchev–Trinajstić information content (AvgIpc) is 2.62. The molecule has 1 atom stereocenters. The molecule has 0 radical (unpaired) electrons. The summed E-state index contributed by atoms with van der Waals surface area (Å²) in [5, 5.41) is 18.9. The van der Waals surface area contributed by atoms with E-state index in [0.717, 1.165) is 41.9 Å². The Balaban J connectivity index is 1.90. The summed E-state index contributed by atoms with van der Waals surface area (Å²) in [5.74, 6) is 0. The fourth-order valence-corrected chi connectivity index (χ4v) is 4.01. The number of piperazine rings is 2. The van der Waals surface area contributed by atoms with Crippen LogP contribution in [0.15, 0.2) is 22.7 Å². The Hall–Kier alpha value is -2.00. The van der Waals surface area contributed by atoms with E-state index in [9.17, 15) is 19.8 Å². The van der Waals surface area contributed by atoms with E-state index in [1.165, 1.54) is 9.80 Å². The van der Waals surface area contributed by atoms with Gasteiger partial charge in [0.15, 0.2) is 0 Å². The standard InChI is InChI=1S/C17H23BrN4O4/c1-19-4-6-20(7-5-19)12-2-3-14(18)13(10-12)15-11-21(16(23)24)8-9-22(15)17(25)26/h2-3,10,15H,4-9,11H2,1H3,(H,23,24)(H,25,26). The van der Waals surface area contributed by atoms with E-state index in [0.29, 0.717) is 0 Å². The van der Waals surface area contributed by atoms with E-state index in [-0.39, 0.29) is 19.6 Å². The van der Waals surface area contributed by atoms with Crippen LogP contribution in [0.5, 0.6) is 0 Å². The number of likely N-dealkylation sites (N-methyl/N-ethyl adjacent to an activating group) is 1. The van der Waals surface area contributed by atoms with Crippen molar-refractivity contribution in [1.29, 1.82) is 0 Å². The van der Waals surface area contributed by atoms with E-state index in [2.05, 4.69) is 32.8 Å². The van der Waals surface area contributed by atoms with Crippen LogP contribution in [0.4, 0.5) is 15.3 Å². The first kappa shape index (κ1) is 18.8.